The molecule has 1 atom stereocenters. The van der Waals surface area contributed by atoms with Gasteiger partial charge in [-0.3, -0.25) is 9.52 Å². The van der Waals surface area contributed by atoms with Gasteiger partial charge in [0.1, 0.15) is 5.75 Å². The highest BCUT2D eigenvalue weighted by atomic mass is 35.5. The van der Waals surface area contributed by atoms with Crippen molar-refractivity contribution in [3.63, 3.8) is 0 Å². The number of hydrogen-bond donors (Lipinski definition) is 3. The zero-order valence-electron chi connectivity index (χ0n) is 16.0. The molecule has 0 aliphatic rings. The molecule has 3 N–H and O–H groups in total. The highest BCUT2D eigenvalue weighted by molar-refractivity contribution is 7.92. The Morgan fingerprint density at radius 2 is 1.89 bits per heavy atom. The van der Waals surface area contributed by atoms with Gasteiger partial charge in [0.25, 0.3) is 0 Å². The number of sulfonamides is 1. The van der Waals surface area contributed by atoms with Gasteiger partial charge in [-0.1, -0.05) is 29.8 Å². The van der Waals surface area contributed by atoms with E-state index in [4.69, 9.17) is 16.3 Å². The van der Waals surface area contributed by atoms with Crippen molar-refractivity contribution < 1.29 is 17.9 Å². The topological polar surface area (TPSA) is 96.5 Å². The van der Waals surface area contributed by atoms with Gasteiger partial charge in [0, 0.05) is 18.0 Å². The zero-order valence-corrected chi connectivity index (χ0v) is 17.5. The lowest BCUT2D eigenvalue weighted by molar-refractivity contribution is -0.121. The number of ether oxygens (including phenoxy) is 1. The van der Waals surface area contributed by atoms with Crippen LogP contribution >= 0.6 is 11.6 Å². The van der Waals surface area contributed by atoms with Crippen LogP contribution in [-0.4, -0.2) is 34.2 Å². The number of anilines is 2. The molecule has 2 aromatic carbocycles. The highest BCUT2D eigenvalue weighted by Gasteiger charge is 2.15. The molecule has 1 unspecified atom stereocenters. The van der Waals surface area contributed by atoms with Crippen LogP contribution in [0.5, 0.6) is 5.75 Å². The Morgan fingerprint density at radius 3 is 2.57 bits per heavy atom. The molecule has 0 aromatic heterocycles. The minimum absolute atomic E-state index is 0.171. The average Bonchev–Trinajstić information content (AvgIpc) is 2.61. The molecule has 152 valence electrons. The van der Waals surface area contributed by atoms with E-state index in [0.29, 0.717) is 34.3 Å². The van der Waals surface area contributed by atoms with Crippen LogP contribution in [0, 0.1) is 0 Å². The number of methoxy groups -OCH3 is 1. The Bertz CT molecular complexity index is 935. The lowest BCUT2D eigenvalue weighted by Crippen LogP contribution is -2.29. The monoisotopic (exact) mass is 425 g/mol. The van der Waals surface area contributed by atoms with Crippen LogP contribution in [-0.2, 0) is 14.8 Å². The molecule has 0 aliphatic heterocycles. The van der Waals surface area contributed by atoms with E-state index in [1.54, 1.807) is 56.5 Å². The smallest absolute Gasteiger partial charge is 0.229 e. The number of carbonyl (C=O) groups is 1. The number of halogens is 1. The summed E-state index contributed by atoms with van der Waals surface area (Å²) in [6.45, 7) is 2.19. The molecule has 28 heavy (non-hydrogen) atoms. The van der Waals surface area contributed by atoms with E-state index in [9.17, 15) is 13.2 Å². The first-order valence-corrected chi connectivity index (χ1v) is 10.9. The second-order valence-electron chi connectivity index (χ2n) is 6.27. The number of benzene rings is 2. The lowest BCUT2D eigenvalue weighted by Gasteiger charge is -2.18. The van der Waals surface area contributed by atoms with Crippen molar-refractivity contribution in [1.29, 1.82) is 0 Å². The Labute approximate surface area is 170 Å². The van der Waals surface area contributed by atoms with E-state index >= 15 is 0 Å². The van der Waals surface area contributed by atoms with Crippen molar-refractivity contribution in [2.24, 2.45) is 0 Å². The molecular formula is C19H24ClN3O4S. The van der Waals surface area contributed by atoms with Gasteiger partial charge in [0.15, 0.2) is 0 Å². The highest BCUT2D eigenvalue weighted by Crippen LogP contribution is 2.27. The van der Waals surface area contributed by atoms with Crippen LogP contribution in [0.3, 0.4) is 0 Å². The normalized spacial score (nSPS) is 12.1. The minimum atomic E-state index is -3.41. The third kappa shape index (κ3) is 6.61. The molecule has 9 heteroatoms. The second kappa shape index (κ2) is 9.66. The van der Waals surface area contributed by atoms with Gasteiger partial charge < -0.3 is 15.4 Å². The standard InChI is InChI=1S/C19H24ClN3O4S/c1-13(15-6-4-5-7-16(15)23-28(3,25)26)22-19(24)10-11-21-17-12-14(20)8-9-18(17)27-2/h4-9,12-13,21,23H,10-11H2,1-3H3,(H,22,24). The molecule has 1 amide bonds. The van der Waals surface area contributed by atoms with E-state index in [0.717, 1.165) is 6.26 Å². The molecule has 0 heterocycles. The lowest BCUT2D eigenvalue weighted by atomic mass is 10.1. The van der Waals surface area contributed by atoms with Gasteiger partial charge in [-0.05, 0) is 36.8 Å². The van der Waals surface area contributed by atoms with Crippen LogP contribution in [0.2, 0.25) is 5.02 Å². The van der Waals surface area contributed by atoms with Crippen LogP contribution in [0.1, 0.15) is 24.9 Å². The number of para-hydroxylation sites is 1. The summed E-state index contributed by atoms with van der Waals surface area (Å²) in [5.41, 5.74) is 1.84. The molecule has 0 fully saturated rings. The Morgan fingerprint density at radius 1 is 1.18 bits per heavy atom. The molecule has 2 rings (SSSR count). The number of carbonyl (C=O) groups excluding carboxylic acids is 1. The van der Waals surface area contributed by atoms with Crippen LogP contribution in [0.15, 0.2) is 42.5 Å². The van der Waals surface area contributed by atoms with Crippen molar-refractivity contribution in [2.45, 2.75) is 19.4 Å². The van der Waals surface area contributed by atoms with Gasteiger partial charge in [0.2, 0.25) is 15.9 Å². The molecule has 0 saturated carbocycles. The number of hydrogen-bond acceptors (Lipinski definition) is 5. The molecule has 2 aromatic rings. The Balaban J connectivity index is 1.94. The molecule has 0 spiro atoms. The first-order valence-electron chi connectivity index (χ1n) is 8.63. The fourth-order valence-electron chi connectivity index (χ4n) is 2.69. The third-order valence-corrected chi connectivity index (χ3v) is 4.75. The molecule has 0 radical (unpaired) electrons. The molecule has 0 saturated heterocycles. The largest absolute Gasteiger partial charge is 0.495 e. The molecule has 0 aliphatic carbocycles. The van der Waals surface area contributed by atoms with Gasteiger partial charge in [-0.25, -0.2) is 8.42 Å². The van der Waals surface area contributed by atoms with Crippen molar-refractivity contribution in [2.75, 3.05) is 29.9 Å². The first-order chi connectivity index (χ1) is 13.2. The quantitative estimate of drug-likeness (QED) is 0.572. The SMILES string of the molecule is COc1ccc(Cl)cc1NCCC(=O)NC(C)c1ccccc1NS(C)(=O)=O. The summed E-state index contributed by atoms with van der Waals surface area (Å²) in [6, 6.07) is 11.8. The first kappa shape index (κ1) is 21.8. The van der Waals surface area contributed by atoms with E-state index in [1.807, 2.05) is 0 Å². The summed E-state index contributed by atoms with van der Waals surface area (Å²) in [6.07, 6.45) is 1.31. The summed E-state index contributed by atoms with van der Waals surface area (Å²) >= 11 is 5.99. The predicted octanol–water partition coefficient (Wildman–Crippen LogP) is 3.40. The maximum absolute atomic E-state index is 12.3. The van der Waals surface area contributed by atoms with Gasteiger partial charge in [-0.15, -0.1) is 0 Å². The van der Waals surface area contributed by atoms with E-state index in [2.05, 4.69) is 15.4 Å². The summed E-state index contributed by atoms with van der Waals surface area (Å²) in [5.74, 6) is 0.467. The van der Waals surface area contributed by atoms with Crippen LogP contribution in [0.25, 0.3) is 0 Å². The van der Waals surface area contributed by atoms with Crippen molar-refractivity contribution in [3.05, 3.63) is 53.1 Å². The second-order valence-corrected chi connectivity index (χ2v) is 8.46. The van der Waals surface area contributed by atoms with Crippen molar-refractivity contribution in [1.82, 2.24) is 5.32 Å². The predicted molar refractivity (Wildman–Crippen MR) is 113 cm³/mol. The van der Waals surface area contributed by atoms with Gasteiger partial charge >= 0.3 is 0 Å². The number of nitrogens with one attached hydrogen (secondary N) is 3. The summed E-state index contributed by atoms with van der Waals surface area (Å²) in [7, 11) is -1.85. The fourth-order valence-corrected chi connectivity index (χ4v) is 3.45. The van der Waals surface area contributed by atoms with Gasteiger partial charge in [0.05, 0.1) is 30.8 Å². The Hall–Kier alpha value is -2.45. The molecule has 7 nitrogen and oxygen atoms in total. The molecular weight excluding hydrogens is 402 g/mol. The van der Waals surface area contributed by atoms with E-state index in [1.165, 1.54) is 0 Å². The maximum atomic E-state index is 12.3. The minimum Gasteiger partial charge on any atom is -0.495 e. The van der Waals surface area contributed by atoms with Gasteiger partial charge in [-0.2, -0.15) is 0 Å². The summed E-state index contributed by atoms with van der Waals surface area (Å²) in [4.78, 5) is 12.3. The van der Waals surface area contributed by atoms with E-state index < -0.39 is 10.0 Å². The van der Waals surface area contributed by atoms with Crippen LogP contribution in [0.4, 0.5) is 11.4 Å². The Kier molecular flexibility index (Phi) is 7.53. The summed E-state index contributed by atoms with van der Waals surface area (Å²) < 4.78 is 30.8. The van der Waals surface area contributed by atoms with Crippen molar-refractivity contribution >= 4 is 38.9 Å². The van der Waals surface area contributed by atoms with Crippen molar-refractivity contribution in [3.8, 4) is 5.75 Å². The van der Waals surface area contributed by atoms with E-state index in [-0.39, 0.29) is 18.4 Å². The number of amides is 1. The third-order valence-electron chi connectivity index (χ3n) is 3.93. The number of rotatable bonds is 9. The maximum Gasteiger partial charge on any atom is 0.229 e. The zero-order chi connectivity index (χ0) is 20.7. The summed E-state index contributed by atoms with van der Waals surface area (Å²) in [5, 5.41) is 6.57. The average molecular weight is 426 g/mol. The fraction of sp³-hybridized carbons (Fsp3) is 0.316. The molecule has 0 bridgehead atoms. The van der Waals surface area contributed by atoms with Crippen LogP contribution < -0.4 is 20.1 Å².